The first-order chi connectivity index (χ1) is 14.0. The Morgan fingerprint density at radius 1 is 1.10 bits per heavy atom. The van der Waals surface area contributed by atoms with Crippen LogP contribution in [0.1, 0.15) is 39.7 Å². The van der Waals surface area contributed by atoms with Crippen LogP contribution in [0.3, 0.4) is 0 Å². The van der Waals surface area contributed by atoms with E-state index in [1.165, 1.54) is 0 Å². The van der Waals surface area contributed by atoms with E-state index in [1.807, 2.05) is 24.3 Å². The molecule has 0 amide bonds. The lowest BCUT2D eigenvalue weighted by molar-refractivity contribution is -0.118. The average molecular weight is 414 g/mol. The van der Waals surface area contributed by atoms with E-state index in [-0.39, 0.29) is 30.1 Å². The maximum atomic E-state index is 12.7. The minimum atomic E-state index is -1.18. The van der Waals surface area contributed by atoms with Crippen molar-refractivity contribution in [1.29, 1.82) is 0 Å². The zero-order valence-electron chi connectivity index (χ0n) is 15.8. The second kappa shape index (κ2) is 9.39. The number of oxazole rings is 1. The number of carboxylic acid groups (broad SMARTS) is 1. The summed E-state index contributed by atoms with van der Waals surface area (Å²) in [5, 5.41) is 10.00. The molecule has 7 heteroatoms. The van der Waals surface area contributed by atoms with E-state index in [9.17, 15) is 14.7 Å². The van der Waals surface area contributed by atoms with E-state index >= 15 is 0 Å². The van der Waals surface area contributed by atoms with Gasteiger partial charge in [0.2, 0.25) is 0 Å². The molecule has 1 atom stereocenters. The van der Waals surface area contributed by atoms with Gasteiger partial charge in [0.1, 0.15) is 17.3 Å². The van der Waals surface area contributed by atoms with Crippen LogP contribution in [0.25, 0.3) is 0 Å². The van der Waals surface area contributed by atoms with Crippen LogP contribution in [0.4, 0.5) is 0 Å². The lowest BCUT2D eigenvalue weighted by atomic mass is 9.89. The third-order valence-electron chi connectivity index (χ3n) is 4.60. The molecular formula is C22H20ClNO5. The molecule has 2 aromatic carbocycles. The van der Waals surface area contributed by atoms with Gasteiger partial charge in [-0.2, -0.15) is 0 Å². The predicted molar refractivity (Wildman–Crippen MR) is 108 cm³/mol. The van der Waals surface area contributed by atoms with E-state index in [0.29, 0.717) is 11.4 Å². The number of aromatic carboxylic acids is 1. The molecule has 0 spiro atoms. The Morgan fingerprint density at radius 2 is 1.76 bits per heavy atom. The number of aromatic nitrogens is 1. The summed E-state index contributed by atoms with van der Waals surface area (Å²) in [6.07, 6.45) is 1.90. The van der Waals surface area contributed by atoms with Gasteiger partial charge in [0.15, 0.2) is 12.1 Å². The van der Waals surface area contributed by atoms with Crippen LogP contribution in [0.15, 0.2) is 59.3 Å². The highest BCUT2D eigenvalue weighted by atomic mass is 35.5. The number of carboxylic acids is 1. The molecule has 1 heterocycles. The fraction of sp³-hybridized carbons (Fsp3) is 0.227. The first-order valence-corrected chi connectivity index (χ1v) is 9.39. The Morgan fingerprint density at radius 3 is 2.38 bits per heavy atom. The van der Waals surface area contributed by atoms with E-state index in [4.69, 9.17) is 20.8 Å². The van der Waals surface area contributed by atoms with Gasteiger partial charge < -0.3 is 14.3 Å². The quantitative estimate of drug-likeness (QED) is 0.553. The standard InChI is InChI=1S/C22H20ClNO5/c1-28-19-8-4-14(5-9-19)10-16(21-20(22(26)27)24-13-29-21)12-18(25)11-15-2-6-17(23)7-3-15/h2-9,13,16H,10-12H2,1H3,(H,26,27)/t16-/m0/s1. The van der Waals surface area contributed by atoms with Crippen molar-refractivity contribution in [2.75, 3.05) is 7.11 Å². The van der Waals surface area contributed by atoms with Crippen molar-refractivity contribution in [1.82, 2.24) is 4.98 Å². The highest BCUT2D eigenvalue weighted by Crippen LogP contribution is 2.29. The maximum absolute atomic E-state index is 12.7. The van der Waals surface area contributed by atoms with Gasteiger partial charge in [-0.1, -0.05) is 35.9 Å². The van der Waals surface area contributed by atoms with Crippen molar-refractivity contribution in [3.8, 4) is 5.75 Å². The second-order valence-electron chi connectivity index (χ2n) is 6.67. The summed E-state index contributed by atoms with van der Waals surface area (Å²) in [4.78, 5) is 28.0. The molecule has 0 saturated heterocycles. The topological polar surface area (TPSA) is 89.6 Å². The summed E-state index contributed by atoms with van der Waals surface area (Å²) in [5.41, 5.74) is 1.62. The molecule has 0 unspecified atom stereocenters. The first-order valence-electron chi connectivity index (χ1n) is 9.02. The third-order valence-corrected chi connectivity index (χ3v) is 4.85. The summed E-state index contributed by atoms with van der Waals surface area (Å²) >= 11 is 5.89. The van der Waals surface area contributed by atoms with Gasteiger partial charge in [-0.3, -0.25) is 4.79 Å². The monoisotopic (exact) mass is 413 g/mol. The Bertz CT molecular complexity index is 979. The number of rotatable bonds is 9. The summed E-state index contributed by atoms with van der Waals surface area (Å²) in [5.74, 6) is -0.734. The molecule has 0 radical (unpaired) electrons. The van der Waals surface area contributed by atoms with Crippen LogP contribution in [-0.4, -0.2) is 29.0 Å². The molecule has 0 fully saturated rings. The number of Topliss-reactive ketones (excluding diaryl/α,β-unsaturated/α-hetero) is 1. The number of hydrogen-bond acceptors (Lipinski definition) is 5. The number of benzene rings is 2. The number of hydrogen-bond donors (Lipinski definition) is 1. The fourth-order valence-electron chi connectivity index (χ4n) is 3.19. The summed E-state index contributed by atoms with van der Waals surface area (Å²) in [6, 6.07) is 14.5. The minimum Gasteiger partial charge on any atom is -0.497 e. The van der Waals surface area contributed by atoms with Crippen molar-refractivity contribution in [3.05, 3.63) is 82.5 Å². The maximum Gasteiger partial charge on any atom is 0.358 e. The number of nitrogens with zero attached hydrogens (tertiary/aromatic N) is 1. The van der Waals surface area contributed by atoms with E-state index in [1.54, 1.807) is 31.4 Å². The van der Waals surface area contributed by atoms with Crippen LogP contribution in [0.5, 0.6) is 5.75 Å². The molecule has 0 aliphatic heterocycles. The molecule has 0 aliphatic rings. The number of carbonyl (C=O) groups is 2. The lowest BCUT2D eigenvalue weighted by Gasteiger charge is -2.15. The van der Waals surface area contributed by atoms with Gasteiger partial charge in [0.05, 0.1) is 7.11 Å². The van der Waals surface area contributed by atoms with Gasteiger partial charge in [-0.15, -0.1) is 0 Å². The number of ketones is 1. The third kappa shape index (κ3) is 5.45. The van der Waals surface area contributed by atoms with Crippen molar-refractivity contribution in [2.45, 2.75) is 25.2 Å². The highest BCUT2D eigenvalue weighted by Gasteiger charge is 2.27. The zero-order chi connectivity index (χ0) is 20.8. The first kappa shape index (κ1) is 20.6. The van der Waals surface area contributed by atoms with Crippen molar-refractivity contribution in [3.63, 3.8) is 0 Å². The minimum absolute atomic E-state index is 0.0291. The number of methoxy groups -OCH3 is 1. The molecule has 1 N–H and O–H groups in total. The normalized spacial score (nSPS) is 11.8. The summed E-state index contributed by atoms with van der Waals surface area (Å²) in [6.45, 7) is 0. The number of carbonyl (C=O) groups excluding carboxylic acids is 1. The molecule has 3 aromatic rings. The SMILES string of the molecule is COc1ccc(C[C@@H](CC(=O)Cc2ccc(Cl)cc2)c2ocnc2C(=O)O)cc1. The van der Waals surface area contributed by atoms with E-state index in [0.717, 1.165) is 23.3 Å². The van der Waals surface area contributed by atoms with Crippen molar-refractivity contribution >= 4 is 23.4 Å². The Hall–Kier alpha value is -3.12. The molecule has 29 heavy (non-hydrogen) atoms. The number of ether oxygens (including phenoxy) is 1. The van der Waals surface area contributed by atoms with Crippen LogP contribution in [0, 0.1) is 0 Å². The largest absolute Gasteiger partial charge is 0.497 e. The molecule has 6 nitrogen and oxygen atoms in total. The van der Waals surface area contributed by atoms with Crippen molar-refractivity contribution < 1.29 is 23.8 Å². The van der Waals surface area contributed by atoms with Gasteiger partial charge in [0, 0.05) is 23.8 Å². The number of halogens is 1. The van der Waals surface area contributed by atoms with Crippen LogP contribution in [0.2, 0.25) is 5.02 Å². The molecule has 3 rings (SSSR count). The average Bonchev–Trinajstić information content (AvgIpc) is 3.20. The van der Waals surface area contributed by atoms with Crippen molar-refractivity contribution in [2.24, 2.45) is 0 Å². The van der Waals surface area contributed by atoms with Crippen LogP contribution >= 0.6 is 11.6 Å². The zero-order valence-corrected chi connectivity index (χ0v) is 16.6. The molecular weight excluding hydrogens is 394 g/mol. The molecule has 0 bridgehead atoms. The van der Waals surface area contributed by atoms with Crippen LogP contribution < -0.4 is 4.74 Å². The summed E-state index contributed by atoms with van der Waals surface area (Å²) < 4.78 is 10.6. The van der Waals surface area contributed by atoms with E-state index in [2.05, 4.69) is 4.98 Å². The Kier molecular flexibility index (Phi) is 6.67. The fourth-order valence-corrected chi connectivity index (χ4v) is 3.31. The molecule has 0 saturated carbocycles. The Labute approximate surface area is 173 Å². The van der Waals surface area contributed by atoms with Gasteiger partial charge in [-0.05, 0) is 41.8 Å². The van der Waals surface area contributed by atoms with Crippen LogP contribution in [-0.2, 0) is 17.6 Å². The predicted octanol–water partition coefficient (Wildman–Crippen LogP) is 4.56. The smallest absolute Gasteiger partial charge is 0.358 e. The summed E-state index contributed by atoms with van der Waals surface area (Å²) in [7, 11) is 1.58. The van der Waals surface area contributed by atoms with E-state index < -0.39 is 11.9 Å². The molecule has 150 valence electrons. The van der Waals surface area contributed by atoms with Gasteiger partial charge in [-0.25, -0.2) is 9.78 Å². The van der Waals surface area contributed by atoms with Gasteiger partial charge in [0.25, 0.3) is 0 Å². The lowest BCUT2D eigenvalue weighted by Crippen LogP contribution is -2.14. The van der Waals surface area contributed by atoms with Gasteiger partial charge >= 0.3 is 5.97 Å². The highest BCUT2D eigenvalue weighted by molar-refractivity contribution is 6.30. The Balaban J connectivity index is 1.81. The second-order valence-corrected chi connectivity index (χ2v) is 7.10. The molecule has 1 aromatic heterocycles. The molecule has 0 aliphatic carbocycles.